The molecule has 54 heavy (non-hydrogen) atoms. The molecule has 0 radical (unpaired) electrons. The van der Waals surface area contributed by atoms with E-state index in [0.29, 0.717) is 31.5 Å². The molecule has 0 fully saturated rings. The van der Waals surface area contributed by atoms with E-state index in [1.807, 2.05) is 0 Å². The zero-order valence-electron chi connectivity index (χ0n) is 36.9. The molecule has 1 N–H and O–H groups in total. The number of carbonyl (C=O) groups excluding carboxylic acids is 1. The first-order valence-electron chi connectivity index (χ1n) is 24.0. The summed E-state index contributed by atoms with van der Waals surface area (Å²) in [7, 11) is 0. The molecule has 0 aromatic carbocycles. The van der Waals surface area contributed by atoms with E-state index < -0.39 is 0 Å². The second-order valence-corrected chi connectivity index (χ2v) is 16.5. The number of rotatable bonds is 43. The Balaban J connectivity index is 4.36. The maximum atomic E-state index is 13.0. The quantitative estimate of drug-likeness (QED) is 0.0289. The largest absolute Gasteiger partial charge is 0.481 e. The van der Waals surface area contributed by atoms with Gasteiger partial charge in [0.1, 0.15) is 0 Å². The zero-order valence-corrected chi connectivity index (χ0v) is 36.9. The van der Waals surface area contributed by atoms with Crippen LogP contribution in [0.5, 0.6) is 0 Å². The molecule has 6 heteroatoms. The second-order valence-electron chi connectivity index (χ2n) is 16.5. The van der Waals surface area contributed by atoms with Crippen LogP contribution in [0.4, 0.5) is 0 Å². The van der Waals surface area contributed by atoms with Crippen LogP contribution in [-0.2, 0) is 14.3 Å². The standard InChI is InChI=1S/C48H93N3O3/c1-5-9-13-17-19-27-36-45(35-25-15-11-7-3)47(50)53-43-33-23-21-30-40-51(42-32-29-39-49)41-31-22-24-34-44-54-48(52)46(37-26-16-12-8-4)38-28-20-18-14-10-6-2/h45-46,50H,5-38,40-44H2,1-4H3. The van der Waals surface area contributed by atoms with Gasteiger partial charge in [-0.1, -0.05) is 182 Å². The minimum atomic E-state index is 0.0547. The van der Waals surface area contributed by atoms with E-state index in [2.05, 4.69) is 38.7 Å². The summed E-state index contributed by atoms with van der Waals surface area (Å²) in [6.07, 6.45) is 40.1. The Hall–Kier alpha value is -1.61. The van der Waals surface area contributed by atoms with E-state index in [1.165, 1.54) is 128 Å². The van der Waals surface area contributed by atoms with Crippen molar-refractivity contribution in [2.75, 3.05) is 32.8 Å². The van der Waals surface area contributed by atoms with Crippen LogP contribution in [-0.4, -0.2) is 49.6 Å². The Morgan fingerprint density at radius 2 is 0.833 bits per heavy atom. The van der Waals surface area contributed by atoms with Crippen molar-refractivity contribution in [3.63, 3.8) is 0 Å². The van der Waals surface area contributed by atoms with Crippen LogP contribution in [0.3, 0.4) is 0 Å². The minimum absolute atomic E-state index is 0.0547. The van der Waals surface area contributed by atoms with Gasteiger partial charge in [-0.2, -0.15) is 5.26 Å². The average molecular weight is 760 g/mol. The molecule has 2 unspecified atom stereocenters. The molecule has 0 bridgehead atoms. The summed E-state index contributed by atoms with van der Waals surface area (Å²) in [4.78, 5) is 15.5. The minimum Gasteiger partial charge on any atom is -0.481 e. The van der Waals surface area contributed by atoms with E-state index in [1.54, 1.807) is 0 Å². The van der Waals surface area contributed by atoms with Gasteiger partial charge in [0.2, 0.25) is 0 Å². The molecule has 0 aromatic heterocycles. The first-order chi connectivity index (χ1) is 26.5. The molecule has 0 rings (SSSR count). The summed E-state index contributed by atoms with van der Waals surface area (Å²) < 4.78 is 11.9. The maximum absolute atomic E-state index is 13.0. The van der Waals surface area contributed by atoms with Crippen molar-refractivity contribution in [2.24, 2.45) is 11.8 Å². The number of nitriles is 1. The van der Waals surface area contributed by atoms with Crippen molar-refractivity contribution < 1.29 is 14.3 Å². The first kappa shape index (κ1) is 52.4. The Morgan fingerprint density at radius 3 is 1.30 bits per heavy atom. The Morgan fingerprint density at radius 1 is 0.481 bits per heavy atom. The lowest BCUT2D eigenvalue weighted by Gasteiger charge is -2.22. The van der Waals surface area contributed by atoms with Gasteiger partial charge in [-0.3, -0.25) is 10.2 Å². The fourth-order valence-electron chi connectivity index (χ4n) is 7.65. The number of esters is 1. The van der Waals surface area contributed by atoms with Crippen molar-refractivity contribution in [3.05, 3.63) is 0 Å². The van der Waals surface area contributed by atoms with Crippen molar-refractivity contribution >= 4 is 11.9 Å². The van der Waals surface area contributed by atoms with Crippen LogP contribution in [0.15, 0.2) is 0 Å². The highest BCUT2D eigenvalue weighted by molar-refractivity contribution is 5.75. The lowest BCUT2D eigenvalue weighted by molar-refractivity contribution is -0.149. The summed E-state index contributed by atoms with van der Waals surface area (Å²) in [5, 5.41) is 17.8. The number of carbonyl (C=O) groups is 1. The Bertz CT molecular complexity index is 786. The van der Waals surface area contributed by atoms with Crippen LogP contribution in [0.1, 0.15) is 246 Å². The fraction of sp³-hybridized carbons (Fsp3) is 0.938. The average Bonchev–Trinajstić information content (AvgIpc) is 3.17. The van der Waals surface area contributed by atoms with Gasteiger partial charge >= 0.3 is 5.97 Å². The predicted molar refractivity (Wildman–Crippen MR) is 233 cm³/mol. The zero-order chi connectivity index (χ0) is 39.6. The third kappa shape index (κ3) is 34.8. The van der Waals surface area contributed by atoms with Gasteiger partial charge in [0, 0.05) is 12.3 Å². The van der Waals surface area contributed by atoms with E-state index in [4.69, 9.17) is 20.1 Å². The van der Waals surface area contributed by atoms with Gasteiger partial charge < -0.3 is 14.4 Å². The molecule has 0 aromatic rings. The van der Waals surface area contributed by atoms with E-state index in [0.717, 1.165) is 103 Å². The monoisotopic (exact) mass is 760 g/mol. The van der Waals surface area contributed by atoms with Crippen molar-refractivity contribution in [1.82, 2.24) is 4.90 Å². The number of ether oxygens (including phenoxy) is 2. The summed E-state index contributed by atoms with van der Waals surface area (Å²) in [5.74, 6) is 1.00. The lowest BCUT2D eigenvalue weighted by atomic mass is 9.94. The molecule has 0 saturated carbocycles. The van der Waals surface area contributed by atoms with Gasteiger partial charge in [0.05, 0.1) is 25.2 Å². The summed E-state index contributed by atoms with van der Waals surface area (Å²) >= 11 is 0. The van der Waals surface area contributed by atoms with E-state index in [-0.39, 0.29) is 11.9 Å². The van der Waals surface area contributed by atoms with Gasteiger partial charge in [0.25, 0.3) is 0 Å². The first-order valence-corrected chi connectivity index (χ1v) is 24.0. The van der Waals surface area contributed by atoms with Gasteiger partial charge in [-0.05, 0) is 77.4 Å². The lowest BCUT2D eigenvalue weighted by Crippen LogP contribution is -2.27. The van der Waals surface area contributed by atoms with Crippen molar-refractivity contribution in [1.29, 1.82) is 10.7 Å². The molecular formula is C48H93N3O3. The molecule has 318 valence electrons. The highest BCUT2D eigenvalue weighted by Gasteiger charge is 2.19. The third-order valence-electron chi connectivity index (χ3n) is 11.3. The van der Waals surface area contributed by atoms with Crippen LogP contribution in [0.2, 0.25) is 0 Å². The number of nitrogens with zero attached hydrogens (tertiary/aromatic N) is 2. The van der Waals surface area contributed by atoms with Crippen LogP contribution in [0, 0.1) is 28.6 Å². The maximum Gasteiger partial charge on any atom is 0.308 e. The second kappa shape index (κ2) is 42.5. The van der Waals surface area contributed by atoms with E-state index >= 15 is 0 Å². The molecule has 0 aliphatic rings. The SMILES string of the molecule is CCCCCCCCC(CCCCCC)C(=N)OCCCCCCN(CCCC#N)CCCCCCOC(=O)C(CCCCCC)CCCCCCCC. The number of nitrogens with one attached hydrogen (secondary N) is 1. The predicted octanol–water partition coefficient (Wildman–Crippen LogP) is 14.9. The highest BCUT2D eigenvalue weighted by Crippen LogP contribution is 2.22. The molecule has 0 saturated heterocycles. The van der Waals surface area contributed by atoms with E-state index in [9.17, 15) is 4.79 Å². The highest BCUT2D eigenvalue weighted by atomic mass is 16.5. The molecule has 6 nitrogen and oxygen atoms in total. The van der Waals surface area contributed by atoms with Crippen molar-refractivity contribution in [2.45, 2.75) is 246 Å². The molecule has 0 heterocycles. The Labute approximate surface area is 337 Å². The van der Waals surface area contributed by atoms with Gasteiger partial charge in [0.15, 0.2) is 5.90 Å². The Kier molecular flexibility index (Phi) is 41.3. The summed E-state index contributed by atoms with van der Waals surface area (Å²) in [5.41, 5.74) is 0. The number of unbranched alkanes of at least 4 members (excludes halogenated alkanes) is 23. The third-order valence-corrected chi connectivity index (χ3v) is 11.3. The molecular weight excluding hydrogens is 667 g/mol. The topological polar surface area (TPSA) is 86.4 Å². The molecule has 0 spiro atoms. The molecule has 0 aliphatic carbocycles. The van der Waals surface area contributed by atoms with Gasteiger partial charge in [-0.25, -0.2) is 0 Å². The number of hydrogen-bond acceptors (Lipinski definition) is 6. The van der Waals surface area contributed by atoms with Crippen LogP contribution >= 0.6 is 0 Å². The number of hydrogen-bond donors (Lipinski definition) is 1. The van der Waals surface area contributed by atoms with Crippen molar-refractivity contribution in [3.8, 4) is 6.07 Å². The fourth-order valence-corrected chi connectivity index (χ4v) is 7.65. The molecule has 0 aliphatic heterocycles. The molecule has 0 amide bonds. The van der Waals surface area contributed by atoms with Crippen LogP contribution in [0.25, 0.3) is 0 Å². The van der Waals surface area contributed by atoms with Gasteiger partial charge in [-0.15, -0.1) is 0 Å². The van der Waals surface area contributed by atoms with Crippen LogP contribution < -0.4 is 0 Å². The summed E-state index contributed by atoms with van der Waals surface area (Å²) in [6.45, 7) is 13.5. The smallest absolute Gasteiger partial charge is 0.308 e. The normalized spacial score (nSPS) is 12.5. The molecule has 2 atom stereocenters. The summed E-state index contributed by atoms with van der Waals surface area (Å²) in [6, 6.07) is 2.31.